The van der Waals surface area contributed by atoms with Crippen molar-refractivity contribution < 1.29 is 28.6 Å². The molecule has 0 unspecified atom stereocenters. The average Bonchev–Trinajstić information content (AvgIpc) is 2.72. The largest absolute Gasteiger partial charge is 0.497 e. The van der Waals surface area contributed by atoms with Crippen LogP contribution in [0.4, 0.5) is 4.79 Å². The quantitative estimate of drug-likeness (QED) is 0.640. The Morgan fingerprint density at radius 2 is 1.65 bits per heavy atom. The number of methoxy groups -OCH3 is 2. The van der Waals surface area contributed by atoms with E-state index in [1.54, 1.807) is 27.9 Å². The number of rotatable bonds is 7. The summed E-state index contributed by atoms with van der Waals surface area (Å²) in [5.41, 5.74) is 0.212. The van der Waals surface area contributed by atoms with Crippen molar-refractivity contribution in [1.29, 1.82) is 0 Å². The number of alkyl carbamates (subject to hydrolysis) is 1. The van der Waals surface area contributed by atoms with Crippen LogP contribution < -0.4 is 15.4 Å². The summed E-state index contributed by atoms with van der Waals surface area (Å²) >= 11 is 0. The van der Waals surface area contributed by atoms with Crippen molar-refractivity contribution in [2.75, 3.05) is 14.2 Å². The molecule has 2 rings (SSSR count). The lowest BCUT2D eigenvalue weighted by Gasteiger charge is -2.29. The van der Waals surface area contributed by atoms with E-state index in [-0.39, 0.29) is 23.8 Å². The average molecular weight is 435 g/mol. The predicted molar refractivity (Wildman–Crippen MR) is 116 cm³/mol. The number of esters is 1. The van der Waals surface area contributed by atoms with Crippen LogP contribution >= 0.6 is 0 Å². The third kappa shape index (κ3) is 8.11. The molecule has 1 aliphatic rings. The zero-order chi connectivity index (χ0) is 23.0. The molecule has 1 aromatic carbocycles. The summed E-state index contributed by atoms with van der Waals surface area (Å²) in [6, 6.07) is 6.50. The van der Waals surface area contributed by atoms with Crippen molar-refractivity contribution in [2.45, 2.75) is 70.6 Å². The summed E-state index contributed by atoms with van der Waals surface area (Å²) in [6.07, 6.45) is 2.38. The predicted octanol–water partition coefficient (Wildman–Crippen LogP) is 2.98. The second-order valence-corrected chi connectivity index (χ2v) is 8.83. The molecule has 0 bridgehead atoms. The molecule has 0 saturated heterocycles. The van der Waals surface area contributed by atoms with Gasteiger partial charge in [-0.15, -0.1) is 0 Å². The Hall–Kier alpha value is -2.77. The van der Waals surface area contributed by atoms with E-state index in [0.29, 0.717) is 37.9 Å². The van der Waals surface area contributed by atoms with Gasteiger partial charge in [0.1, 0.15) is 17.4 Å². The standard InChI is InChI=1S/C23H34N2O6/c1-23(2,3)31-22(28)25-19(14-15-6-12-18(29-4)13-7-15)20(26)24-17-10-8-16(9-11-17)21(27)30-5/h6-7,12-13,16-17,19H,8-11,14H2,1-5H3,(H,24,26)(H,25,28)/t16?,17?,19-/m0/s1. The van der Waals surface area contributed by atoms with Gasteiger partial charge in [-0.05, 0) is 64.2 Å². The maximum atomic E-state index is 13.0. The molecule has 0 aromatic heterocycles. The molecule has 1 aliphatic carbocycles. The highest BCUT2D eigenvalue weighted by atomic mass is 16.6. The highest BCUT2D eigenvalue weighted by molar-refractivity contribution is 5.86. The van der Waals surface area contributed by atoms with Gasteiger partial charge in [0.2, 0.25) is 5.91 Å². The fourth-order valence-electron chi connectivity index (χ4n) is 3.60. The summed E-state index contributed by atoms with van der Waals surface area (Å²) in [4.78, 5) is 37.0. The van der Waals surface area contributed by atoms with Crippen molar-refractivity contribution in [3.05, 3.63) is 29.8 Å². The smallest absolute Gasteiger partial charge is 0.408 e. The molecule has 8 heteroatoms. The molecule has 1 atom stereocenters. The second-order valence-electron chi connectivity index (χ2n) is 8.83. The van der Waals surface area contributed by atoms with Crippen LogP contribution in [0.1, 0.15) is 52.0 Å². The van der Waals surface area contributed by atoms with Crippen molar-refractivity contribution in [1.82, 2.24) is 10.6 Å². The van der Waals surface area contributed by atoms with Gasteiger partial charge in [0.15, 0.2) is 0 Å². The summed E-state index contributed by atoms with van der Waals surface area (Å²) in [7, 11) is 2.98. The highest BCUT2D eigenvalue weighted by Gasteiger charge is 2.30. The minimum absolute atomic E-state index is 0.0489. The summed E-state index contributed by atoms with van der Waals surface area (Å²) in [6.45, 7) is 5.31. The van der Waals surface area contributed by atoms with Gasteiger partial charge in [-0.2, -0.15) is 0 Å². The number of ether oxygens (including phenoxy) is 3. The van der Waals surface area contributed by atoms with Crippen LogP contribution in [0, 0.1) is 5.92 Å². The van der Waals surface area contributed by atoms with Crippen LogP contribution in [0.3, 0.4) is 0 Å². The molecule has 1 fully saturated rings. The van der Waals surface area contributed by atoms with E-state index in [2.05, 4.69) is 10.6 Å². The van der Waals surface area contributed by atoms with Gasteiger partial charge < -0.3 is 24.8 Å². The van der Waals surface area contributed by atoms with Crippen molar-refractivity contribution in [3.8, 4) is 5.75 Å². The Labute approximate surface area is 184 Å². The van der Waals surface area contributed by atoms with Gasteiger partial charge in [-0.1, -0.05) is 12.1 Å². The van der Waals surface area contributed by atoms with E-state index in [9.17, 15) is 14.4 Å². The normalized spacial score (nSPS) is 19.6. The van der Waals surface area contributed by atoms with Gasteiger partial charge in [0.05, 0.1) is 20.1 Å². The van der Waals surface area contributed by atoms with Gasteiger partial charge in [-0.3, -0.25) is 9.59 Å². The van der Waals surface area contributed by atoms with Gasteiger partial charge in [-0.25, -0.2) is 4.79 Å². The highest BCUT2D eigenvalue weighted by Crippen LogP contribution is 2.25. The van der Waals surface area contributed by atoms with E-state index in [1.807, 2.05) is 24.3 Å². The zero-order valence-electron chi connectivity index (χ0n) is 19.0. The van der Waals surface area contributed by atoms with Crippen LogP contribution in [0.2, 0.25) is 0 Å². The monoisotopic (exact) mass is 434 g/mol. The van der Waals surface area contributed by atoms with Gasteiger partial charge in [0, 0.05) is 12.5 Å². The first-order valence-corrected chi connectivity index (χ1v) is 10.6. The van der Waals surface area contributed by atoms with Crippen molar-refractivity contribution >= 4 is 18.0 Å². The molecule has 0 radical (unpaired) electrons. The maximum Gasteiger partial charge on any atom is 0.408 e. The molecule has 2 amide bonds. The number of amides is 2. The van der Waals surface area contributed by atoms with Gasteiger partial charge in [0.25, 0.3) is 0 Å². The summed E-state index contributed by atoms with van der Waals surface area (Å²) < 4.78 is 15.3. The van der Waals surface area contributed by atoms with E-state index in [0.717, 1.165) is 5.56 Å². The number of hydrogen-bond acceptors (Lipinski definition) is 6. The molecule has 0 aliphatic heterocycles. The third-order valence-electron chi connectivity index (χ3n) is 5.21. The molecule has 1 saturated carbocycles. The maximum absolute atomic E-state index is 13.0. The lowest BCUT2D eigenvalue weighted by Crippen LogP contribution is -2.52. The lowest BCUT2D eigenvalue weighted by molar-refractivity contribution is -0.146. The first kappa shape index (κ1) is 24.5. The van der Waals surface area contributed by atoms with E-state index in [4.69, 9.17) is 14.2 Å². The molecule has 31 heavy (non-hydrogen) atoms. The molecular weight excluding hydrogens is 400 g/mol. The Bertz CT molecular complexity index is 748. The van der Waals surface area contributed by atoms with Crippen LogP contribution in [-0.2, 0) is 25.5 Å². The van der Waals surface area contributed by atoms with Crippen LogP contribution in [0.25, 0.3) is 0 Å². The third-order valence-corrected chi connectivity index (χ3v) is 5.21. The summed E-state index contributed by atoms with van der Waals surface area (Å²) in [5, 5.41) is 5.72. The lowest BCUT2D eigenvalue weighted by atomic mass is 9.86. The van der Waals surface area contributed by atoms with Crippen LogP contribution in [0.5, 0.6) is 5.75 Å². The number of nitrogens with one attached hydrogen (secondary N) is 2. The Morgan fingerprint density at radius 1 is 1.03 bits per heavy atom. The van der Waals surface area contributed by atoms with E-state index in [1.165, 1.54) is 7.11 Å². The molecule has 172 valence electrons. The van der Waals surface area contributed by atoms with Crippen LogP contribution in [-0.4, -0.2) is 49.9 Å². The Kier molecular flexibility index (Phi) is 8.71. The molecule has 2 N–H and O–H groups in total. The number of benzene rings is 1. The van der Waals surface area contributed by atoms with Crippen molar-refractivity contribution in [3.63, 3.8) is 0 Å². The molecule has 0 spiro atoms. The minimum atomic E-state index is -0.790. The first-order chi connectivity index (χ1) is 14.6. The van der Waals surface area contributed by atoms with Crippen LogP contribution in [0.15, 0.2) is 24.3 Å². The molecule has 8 nitrogen and oxygen atoms in total. The summed E-state index contributed by atoms with van der Waals surface area (Å²) in [5.74, 6) is 0.123. The van der Waals surface area contributed by atoms with Gasteiger partial charge >= 0.3 is 12.1 Å². The fourth-order valence-corrected chi connectivity index (χ4v) is 3.60. The van der Waals surface area contributed by atoms with Crippen molar-refractivity contribution in [2.24, 2.45) is 5.92 Å². The Balaban J connectivity index is 2.03. The zero-order valence-corrected chi connectivity index (χ0v) is 19.0. The SMILES string of the molecule is COC(=O)C1CCC(NC(=O)[C@H](Cc2ccc(OC)cc2)NC(=O)OC(C)(C)C)CC1. The first-order valence-electron chi connectivity index (χ1n) is 10.6. The van der Waals surface area contributed by atoms with E-state index < -0.39 is 17.7 Å². The fraction of sp³-hybridized carbons (Fsp3) is 0.609. The molecular formula is C23H34N2O6. The number of carbonyl (C=O) groups is 3. The van der Waals surface area contributed by atoms with E-state index >= 15 is 0 Å². The topological polar surface area (TPSA) is 103 Å². The minimum Gasteiger partial charge on any atom is -0.497 e. The second kappa shape index (κ2) is 11.0. The molecule has 0 heterocycles. The Morgan fingerprint density at radius 3 is 2.16 bits per heavy atom. The number of carbonyl (C=O) groups excluding carboxylic acids is 3. The molecule has 1 aromatic rings. The number of hydrogen-bond donors (Lipinski definition) is 2.